The molecule has 0 aliphatic heterocycles. The Hall–Kier alpha value is -0.480. The summed E-state index contributed by atoms with van der Waals surface area (Å²) < 4.78 is 4.99. The van der Waals surface area contributed by atoms with E-state index in [0.29, 0.717) is 21.4 Å². The molecule has 0 fully saturated rings. The Kier molecular flexibility index (Phi) is 4.22. The second-order valence-corrected chi connectivity index (χ2v) is 4.12. The van der Waals surface area contributed by atoms with Crippen LogP contribution in [0.3, 0.4) is 0 Å². The van der Waals surface area contributed by atoms with Gasteiger partial charge in [0.2, 0.25) is 0 Å². The van der Waals surface area contributed by atoms with Crippen LogP contribution in [0.25, 0.3) is 0 Å². The summed E-state index contributed by atoms with van der Waals surface area (Å²) in [6, 6.07) is 2.75. The van der Waals surface area contributed by atoms with Crippen molar-refractivity contribution in [3.63, 3.8) is 0 Å². The molecular formula is C10H13Cl2NO2. The van der Waals surface area contributed by atoms with Gasteiger partial charge in [0.05, 0.1) is 23.3 Å². The molecule has 5 heteroatoms. The second kappa shape index (κ2) is 5.03. The molecule has 1 aromatic carbocycles. The molecule has 2 atom stereocenters. The maximum Gasteiger partial charge on any atom is 0.121 e. The largest absolute Gasteiger partial charge is 0.497 e. The Labute approximate surface area is 98.7 Å². The van der Waals surface area contributed by atoms with Crippen LogP contribution >= 0.6 is 23.2 Å². The van der Waals surface area contributed by atoms with Gasteiger partial charge >= 0.3 is 0 Å². The highest BCUT2D eigenvalue weighted by atomic mass is 35.5. The van der Waals surface area contributed by atoms with Crippen molar-refractivity contribution in [2.45, 2.75) is 19.1 Å². The highest BCUT2D eigenvalue weighted by molar-refractivity contribution is 6.36. The van der Waals surface area contributed by atoms with Crippen molar-refractivity contribution < 1.29 is 9.84 Å². The molecule has 1 aromatic rings. The lowest BCUT2D eigenvalue weighted by atomic mass is 10.0. The molecule has 0 saturated carbocycles. The monoisotopic (exact) mass is 249 g/mol. The minimum atomic E-state index is -0.879. The fraction of sp³-hybridized carbons (Fsp3) is 0.400. The fourth-order valence-corrected chi connectivity index (χ4v) is 1.91. The van der Waals surface area contributed by atoms with Gasteiger partial charge in [0, 0.05) is 11.6 Å². The minimum absolute atomic E-state index is 0.351. The number of benzene rings is 1. The molecule has 0 aliphatic rings. The molecule has 84 valence electrons. The Balaban J connectivity index is 3.19. The number of halogens is 2. The van der Waals surface area contributed by atoms with Gasteiger partial charge in [0.1, 0.15) is 5.75 Å². The zero-order valence-electron chi connectivity index (χ0n) is 8.50. The van der Waals surface area contributed by atoms with Gasteiger partial charge in [-0.25, -0.2) is 0 Å². The van der Waals surface area contributed by atoms with E-state index in [9.17, 15) is 5.11 Å². The van der Waals surface area contributed by atoms with Crippen molar-refractivity contribution in [2.24, 2.45) is 5.73 Å². The molecule has 3 N–H and O–H groups in total. The fourth-order valence-electron chi connectivity index (χ4n) is 1.22. The molecule has 0 unspecified atom stereocenters. The molecule has 0 aliphatic carbocycles. The highest BCUT2D eigenvalue weighted by Gasteiger charge is 2.20. The van der Waals surface area contributed by atoms with Gasteiger partial charge in [-0.1, -0.05) is 23.2 Å². The summed E-state index contributed by atoms with van der Waals surface area (Å²) >= 11 is 11.9. The van der Waals surface area contributed by atoms with Crippen LogP contribution < -0.4 is 10.5 Å². The zero-order chi connectivity index (χ0) is 11.6. The number of methoxy groups -OCH3 is 1. The smallest absolute Gasteiger partial charge is 0.121 e. The van der Waals surface area contributed by atoms with Crippen LogP contribution in [0.5, 0.6) is 5.75 Å². The molecule has 0 saturated heterocycles. The predicted octanol–water partition coefficient (Wildman–Crippen LogP) is 2.38. The zero-order valence-corrected chi connectivity index (χ0v) is 10.0. The number of ether oxygens (including phenoxy) is 1. The maximum atomic E-state index is 9.79. The molecule has 1 rings (SSSR count). The lowest BCUT2D eigenvalue weighted by Crippen LogP contribution is -2.24. The summed E-state index contributed by atoms with van der Waals surface area (Å²) in [5, 5.41) is 10.5. The topological polar surface area (TPSA) is 55.5 Å². The van der Waals surface area contributed by atoms with Gasteiger partial charge in [-0.2, -0.15) is 0 Å². The SMILES string of the molecule is COc1cc(Cl)c([C@@H](O)[C@H](C)N)c(Cl)c1. The third-order valence-electron chi connectivity index (χ3n) is 2.08. The summed E-state index contributed by atoms with van der Waals surface area (Å²) in [6.45, 7) is 1.68. The summed E-state index contributed by atoms with van der Waals surface area (Å²) in [7, 11) is 1.52. The van der Waals surface area contributed by atoms with Crippen molar-refractivity contribution in [2.75, 3.05) is 7.11 Å². The van der Waals surface area contributed by atoms with Crippen LogP contribution in [-0.4, -0.2) is 18.3 Å². The van der Waals surface area contributed by atoms with Crippen LogP contribution in [0, 0.1) is 0 Å². The predicted molar refractivity (Wildman–Crippen MR) is 61.6 cm³/mol. The molecule has 0 amide bonds. The molecule has 15 heavy (non-hydrogen) atoms. The lowest BCUT2D eigenvalue weighted by molar-refractivity contribution is 0.153. The molecular weight excluding hydrogens is 237 g/mol. The van der Waals surface area contributed by atoms with Crippen molar-refractivity contribution in [3.8, 4) is 5.75 Å². The first-order chi connectivity index (χ1) is 6.97. The van der Waals surface area contributed by atoms with E-state index in [2.05, 4.69) is 0 Å². The maximum absolute atomic E-state index is 9.79. The van der Waals surface area contributed by atoms with Crippen molar-refractivity contribution in [3.05, 3.63) is 27.7 Å². The van der Waals surface area contributed by atoms with Gasteiger partial charge < -0.3 is 15.6 Å². The standard InChI is InChI=1S/C10H13Cl2NO2/c1-5(13)10(14)9-7(11)3-6(15-2)4-8(9)12/h3-5,10,14H,13H2,1-2H3/t5-,10-/m0/s1. The van der Waals surface area contributed by atoms with Gasteiger partial charge in [-0.3, -0.25) is 0 Å². The van der Waals surface area contributed by atoms with Gasteiger partial charge in [0.25, 0.3) is 0 Å². The van der Waals surface area contributed by atoms with Crippen molar-refractivity contribution >= 4 is 23.2 Å². The molecule has 0 radical (unpaired) electrons. The number of aliphatic hydroxyl groups excluding tert-OH is 1. The van der Waals surface area contributed by atoms with E-state index < -0.39 is 12.1 Å². The summed E-state index contributed by atoms with van der Waals surface area (Å²) in [4.78, 5) is 0. The van der Waals surface area contributed by atoms with Crippen molar-refractivity contribution in [1.29, 1.82) is 0 Å². The molecule has 0 bridgehead atoms. The third kappa shape index (κ3) is 2.75. The Morgan fingerprint density at radius 1 is 1.33 bits per heavy atom. The highest BCUT2D eigenvalue weighted by Crippen LogP contribution is 2.35. The normalized spacial score (nSPS) is 14.8. The first-order valence-electron chi connectivity index (χ1n) is 4.44. The number of rotatable bonds is 3. The number of hydrogen-bond acceptors (Lipinski definition) is 3. The van der Waals surface area contributed by atoms with Crippen LogP contribution in [0.1, 0.15) is 18.6 Å². The second-order valence-electron chi connectivity index (χ2n) is 3.31. The first-order valence-corrected chi connectivity index (χ1v) is 5.19. The molecule has 3 nitrogen and oxygen atoms in total. The first kappa shape index (κ1) is 12.6. The number of aliphatic hydroxyl groups is 1. The Morgan fingerprint density at radius 2 is 1.80 bits per heavy atom. The third-order valence-corrected chi connectivity index (χ3v) is 2.71. The van der Waals surface area contributed by atoms with Crippen molar-refractivity contribution in [1.82, 2.24) is 0 Å². The van der Waals surface area contributed by atoms with E-state index in [1.54, 1.807) is 19.1 Å². The van der Waals surface area contributed by atoms with E-state index in [1.807, 2.05) is 0 Å². The number of hydrogen-bond donors (Lipinski definition) is 2. The van der Waals surface area contributed by atoms with E-state index in [0.717, 1.165) is 0 Å². The van der Waals surface area contributed by atoms with Gasteiger partial charge in [-0.15, -0.1) is 0 Å². The van der Waals surface area contributed by atoms with Crippen LogP contribution in [-0.2, 0) is 0 Å². The van der Waals surface area contributed by atoms with E-state index in [1.165, 1.54) is 7.11 Å². The Morgan fingerprint density at radius 3 is 2.13 bits per heavy atom. The summed E-state index contributed by atoms with van der Waals surface area (Å²) in [5.41, 5.74) is 6.02. The number of nitrogens with two attached hydrogens (primary N) is 1. The molecule has 0 heterocycles. The summed E-state index contributed by atoms with van der Waals surface area (Å²) in [5.74, 6) is 0.547. The quantitative estimate of drug-likeness (QED) is 0.865. The average molecular weight is 250 g/mol. The van der Waals surface area contributed by atoms with Gasteiger partial charge in [-0.05, 0) is 19.1 Å². The van der Waals surface area contributed by atoms with Gasteiger partial charge in [0.15, 0.2) is 0 Å². The average Bonchev–Trinajstić information content (AvgIpc) is 2.16. The van der Waals surface area contributed by atoms with E-state index in [4.69, 9.17) is 33.7 Å². The van der Waals surface area contributed by atoms with E-state index in [-0.39, 0.29) is 0 Å². The van der Waals surface area contributed by atoms with Crippen LogP contribution in [0.15, 0.2) is 12.1 Å². The van der Waals surface area contributed by atoms with Crippen LogP contribution in [0.2, 0.25) is 10.0 Å². The molecule has 0 spiro atoms. The molecule has 0 aromatic heterocycles. The van der Waals surface area contributed by atoms with E-state index >= 15 is 0 Å². The minimum Gasteiger partial charge on any atom is -0.497 e. The Bertz CT molecular complexity index is 332. The lowest BCUT2D eigenvalue weighted by Gasteiger charge is -2.18. The van der Waals surface area contributed by atoms with Crippen LogP contribution in [0.4, 0.5) is 0 Å². The summed E-state index contributed by atoms with van der Waals surface area (Å²) in [6.07, 6.45) is -0.879.